The van der Waals surface area contributed by atoms with Gasteiger partial charge < -0.3 is 15.2 Å². The molecule has 0 bridgehead atoms. The zero-order valence-electron chi connectivity index (χ0n) is 10.8. The molecule has 5 heteroatoms. The van der Waals surface area contributed by atoms with E-state index < -0.39 is 12.1 Å². The van der Waals surface area contributed by atoms with Gasteiger partial charge in [0.25, 0.3) is 0 Å². The maximum atomic E-state index is 11.4. The van der Waals surface area contributed by atoms with Gasteiger partial charge in [0.1, 0.15) is 5.75 Å². The predicted octanol–water partition coefficient (Wildman–Crippen LogP) is 2.69. The van der Waals surface area contributed by atoms with Crippen LogP contribution in [0.2, 0.25) is 5.02 Å². The van der Waals surface area contributed by atoms with Crippen LogP contribution in [0.15, 0.2) is 18.2 Å². The second kappa shape index (κ2) is 6.61. The average molecular weight is 272 g/mol. The molecule has 2 N–H and O–H groups in total. The molecule has 2 atom stereocenters. The van der Waals surface area contributed by atoms with E-state index in [2.05, 4.69) is 0 Å². The summed E-state index contributed by atoms with van der Waals surface area (Å²) in [5.74, 6) is 0.0338. The molecule has 0 spiro atoms. The molecule has 1 aromatic carbocycles. The number of carbonyl (C=O) groups excluding carboxylic acids is 1. The maximum Gasteiger partial charge on any atom is 0.347 e. The molecule has 0 aromatic heterocycles. The lowest BCUT2D eigenvalue weighted by Crippen LogP contribution is -2.26. The molecule has 0 fully saturated rings. The Morgan fingerprint density at radius 1 is 1.44 bits per heavy atom. The van der Waals surface area contributed by atoms with Gasteiger partial charge in [-0.1, -0.05) is 17.7 Å². The number of ether oxygens (including phenoxy) is 2. The van der Waals surface area contributed by atoms with Gasteiger partial charge in [-0.25, -0.2) is 4.79 Å². The van der Waals surface area contributed by atoms with Crippen molar-refractivity contribution in [1.29, 1.82) is 0 Å². The number of rotatable bonds is 5. The highest BCUT2D eigenvalue weighted by molar-refractivity contribution is 6.32. The first-order chi connectivity index (χ1) is 8.45. The molecule has 0 aliphatic heterocycles. The molecular formula is C13H18ClNO3. The molecular weight excluding hydrogens is 254 g/mol. The fourth-order valence-electron chi connectivity index (χ4n) is 1.39. The van der Waals surface area contributed by atoms with E-state index in [1.807, 2.05) is 13.0 Å². The SMILES string of the molecule is CCOC(=O)C(C)Oc1ccc(C(C)N)cc1Cl. The van der Waals surface area contributed by atoms with E-state index in [4.69, 9.17) is 26.8 Å². The Hall–Kier alpha value is -1.26. The first kappa shape index (κ1) is 14.8. The van der Waals surface area contributed by atoms with Crippen LogP contribution in [0, 0.1) is 0 Å². The minimum atomic E-state index is -0.691. The summed E-state index contributed by atoms with van der Waals surface area (Å²) in [6.45, 7) is 5.56. The molecule has 0 aliphatic carbocycles. The highest BCUT2D eigenvalue weighted by Crippen LogP contribution is 2.28. The van der Waals surface area contributed by atoms with Crippen molar-refractivity contribution in [3.63, 3.8) is 0 Å². The predicted molar refractivity (Wildman–Crippen MR) is 70.8 cm³/mol. The number of hydrogen-bond acceptors (Lipinski definition) is 4. The van der Waals surface area contributed by atoms with Gasteiger partial charge in [-0.05, 0) is 38.5 Å². The number of nitrogens with two attached hydrogens (primary N) is 1. The minimum absolute atomic E-state index is 0.0981. The minimum Gasteiger partial charge on any atom is -0.477 e. The molecule has 0 amide bonds. The van der Waals surface area contributed by atoms with Gasteiger partial charge in [-0.3, -0.25) is 0 Å². The highest BCUT2D eigenvalue weighted by atomic mass is 35.5. The third kappa shape index (κ3) is 3.89. The summed E-state index contributed by atoms with van der Waals surface area (Å²) in [5.41, 5.74) is 6.66. The van der Waals surface area contributed by atoms with Crippen molar-refractivity contribution >= 4 is 17.6 Å². The number of esters is 1. The van der Waals surface area contributed by atoms with Crippen molar-refractivity contribution in [2.45, 2.75) is 32.9 Å². The van der Waals surface area contributed by atoms with Gasteiger partial charge in [0, 0.05) is 6.04 Å². The van der Waals surface area contributed by atoms with Gasteiger partial charge in [0.2, 0.25) is 0 Å². The van der Waals surface area contributed by atoms with Crippen LogP contribution in [0.3, 0.4) is 0 Å². The smallest absolute Gasteiger partial charge is 0.347 e. The lowest BCUT2D eigenvalue weighted by Gasteiger charge is -2.15. The molecule has 0 saturated carbocycles. The Morgan fingerprint density at radius 3 is 2.61 bits per heavy atom. The van der Waals surface area contributed by atoms with E-state index in [9.17, 15) is 4.79 Å². The fourth-order valence-corrected chi connectivity index (χ4v) is 1.63. The van der Waals surface area contributed by atoms with Crippen molar-refractivity contribution in [2.24, 2.45) is 5.73 Å². The second-order valence-corrected chi connectivity index (χ2v) is 4.40. The van der Waals surface area contributed by atoms with Crippen molar-refractivity contribution in [2.75, 3.05) is 6.61 Å². The van der Waals surface area contributed by atoms with Crippen LogP contribution in [0.5, 0.6) is 5.75 Å². The molecule has 0 saturated heterocycles. The number of benzene rings is 1. The van der Waals surface area contributed by atoms with Crippen LogP contribution in [0.4, 0.5) is 0 Å². The summed E-state index contributed by atoms with van der Waals surface area (Å²) in [4.78, 5) is 11.4. The monoisotopic (exact) mass is 271 g/mol. The number of halogens is 1. The van der Waals surface area contributed by atoms with Crippen molar-refractivity contribution < 1.29 is 14.3 Å². The van der Waals surface area contributed by atoms with Crippen LogP contribution in [0.25, 0.3) is 0 Å². The third-order valence-corrected chi connectivity index (χ3v) is 2.70. The maximum absolute atomic E-state index is 11.4. The Labute approximate surface area is 112 Å². The largest absolute Gasteiger partial charge is 0.477 e. The molecule has 0 heterocycles. The van der Waals surface area contributed by atoms with Crippen LogP contribution >= 0.6 is 11.6 Å². The van der Waals surface area contributed by atoms with Crippen LogP contribution in [-0.4, -0.2) is 18.7 Å². The summed E-state index contributed by atoms with van der Waals surface area (Å²) >= 11 is 6.07. The summed E-state index contributed by atoms with van der Waals surface area (Å²) < 4.78 is 10.3. The van der Waals surface area contributed by atoms with Gasteiger partial charge >= 0.3 is 5.97 Å². The second-order valence-electron chi connectivity index (χ2n) is 3.99. The molecule has 0 radical (unpaired) electrons. The van der Waals surface area contributed by atoms with Crippen molar-refractivity contribution in [1.82, 2.24) is 0 Å². The Morgan fingerprint density at radius 2 is 2.11 bits per heavy atom. The quantitative estimate of drug-likeness (QED) is 0.837. The molecule has 1 rings (SSSR count). The van der Waals surface area contributed by atoms with E-state index >= 15 is 0 Å². The molecule has 2 unspecified atom stereocenters. The standard InChI is InChI=1S/C13H18ClNO3/c1-4-17-13(16)9(3)18-12-6-5-10(8(2)15)7-11(12)14/h5-9H,4,15H2,1-3H3. The lowest BCUT2D eigenvalue weighted by atomic mass is 10.1. The van der Waals surface area contributed by atoms with Crippen molar-refractivity contribution in [3.05, 3.63) is 28.8 Å². The van der Waals surface area contributed by atoms with E-state index in [0.29, 0.717) is 17.4 Å². The van der Waals surface area contributed by atoms with E-state index in [-0.39, 0.29) is 6.04 Å². The van der Waals surface area contributed by atoms with E-state index in [1.165, 1.54) is 0 Å². The van der Waals surface area contributed by atoms with Crippen LogP contribution in [-0.2, 0) is 9.53 Å². The van der Waals surface area contributed by atoms with Gasteiger partial charge in [0.05, 0.1) is 11.6 Å². The molecule has 1 aromatic rings. The molecule has 0 aliphatic rings. The summed E-state index contributed by atoms with van der Waals surface area (Å²) in [6, 6.07) is 5.17. The van der Waals surface area contributed by atoms with Crippen LogP contribution in [0.1, 0.15) is 32.4 Å². The normalized spacial score (nSPS) is 13.8. The Kier molecular flexibility index (Phi) is 5.44. The van der Waals surface area contributed by atoms with E-state index in [0.717, 1.165) is 5.56 Å². The van der Waals surface area contributed by atoms with E-state index in [1.54, 1.807) is 26.0 Å². The first-order valence-electron chi connectivity index (χ1n) is 5.84. The summed E-state index contributed by atoms with van der Waals surface area (Å²) in [6.07, 6.45) is -0.691. The highest BCUT2D eigenvalue weighted by Gasteiger charge is 2.17. The van der Waals surface area contributed by atoms with Crippen molar-refractivity contribution in [3.8, 4) is 5.75 Å². The molecule has 100 valence electrons. The zero-order valence-corrected chi connectivity index (χ0v) is 11.5. The van der Waals surface area contributed by atoms with Gasteiger partial charge in [-0.15, -0.1) is 0 Å². The topological polar surface area (TPSA) is 61.5 Å². The van der Waals surface area contributed by atoms with Crippen LogP contribution < -0.4 is 10.5 Å². The fraction of sp³-hybridized carbons (Fsp3) is 0.462. The van der Waals surface area contributed by atoms with Gasteiger partial charge in [-0.2, -0.15) is 0 Å². The molecule has 4 nitrogen and oxygen atoms in total. The summed E-state index contributed by atoms with van der Waals surface area (Å²) in [5, 5.41) is 0.431. The number of hydrogen-bond donors (Lipinski definition) is 1. The Bertz CT molecular complexity index is 421. The molecule has 18 heavy (non-hydrogen) atoms. The zero-order chi connectivity index (χ0) is 13.7. The lowest BCUT2D eigenvalue weighted by molar-refractivity contribution is -0.150. The first-order valence-corrected chi connectivity index (χ1v) is 6.21. The average Bonchev–Trinajstić information content (AvgIpc) is 2.31. The Balaban J connectivity index is 2.76. The number of carbonyl (C=O) groups is 1. The summed E-state index contributed by atoms with van der Waals surface area (Å²) in [7, 11) is 0. The van der Waals surface area contributed by atoms with Gasteiger partial charge in [0.15, 0.2) is 6.10 Å². The third-order valence-electron chi connectivity index (χ3n) is 2.40.